The third-order valence-corrected chi connectivity index (χ3v) is 2.57. The first-order valence-corrected chi connectivity index (χ1v) is 5.09. The largest absolute Gasteiger partial charge is 0.392 e. The molecule has 0 aliphatic carbocycles. The molecule has 1 heterocycles. The summed E-state index contributed by atoms with van der Waals surface area (Å²) >= 11 is 0. The number of imidazole rings is 1. The number of aryl methyl sites for hydroxylation is 1. The van der Waals surface area contributed by atoms with Crippen LogP contribution in [0.2, 0.25) is 0 Å². The zero-order valence-corrected chi connectivity index (χ0v) is 8.77. The maximum Gasteiger partial charge on any atom is 0.123 e. The summed E-state index contributed by atoms with van der Waals surface area (Å²) in [5, 5.41) is 9.03. The van der Waals surface area contributed by atoms with Crippen LogP contribution in [0.15, 0.2) is 18.2 Å². The average Bonchev–Trinajstić information content (AvgIpc) is 2.65. The Balaban J connectivity index is 2.65. The summed E-state index contributed by atoms with van der Waals surface area (Å²) in [7, 11) is 0. The molecule has 0 unspecified atom stereocenters. The lowest BCUT2D eigenvalue weighted by Crippen LogP contribution is -2.06. The van der Waals surface area contributed by atoms with Crippen molar-refractivity contribution >= 4 is 11.0 Å². The maximum absolute atomic E-state index is 9.03. The summed E-state index contributed by atoms with van der Waals surface area (Å²) < 4.78 is 2.09. The average molecular weight is 205 g/mol. The lowest BCUT2D eigenvalue weighted by molar-refractivity contribution is 0.282. The second-order valence-corrected chi connectivity index (χ2v) is 3.46. The number of aliphatic hydroxyl groups excluding tert-OH is 1. The molecule has 2 aromatic rings. The molecule has 3 N–H and O–H groups in total. The summed E-state index contributed by atoms with van der Waals surface area (Å²) in [5.41, 5.74) is 8.49. The topological polar surface area (TPSA) is 64.1 Å². The van der Waals surface area contributed by atoms with Gasteiger partial charge in [0.15, 0.2) is 0 Å². The highest BCUT2D eigenvalue weighted by Crippen LogP contribution is 2.17. The van der Waals surface area contributed by atoms with Crippen molar-refractivity contribution < 1.29 is 5.11 Å². The van der Waals surface area contributed by atoms with E-state index in [4.69, 9.17) is 10.8 Å². The van der Waals surface area contributed by atoms with E-state index in [1.54, 1.807) is 0 Å². The molecule has 0 saturated carbocycles. The van der Waals surface area contributed by atoms with E-state index in [9.17, 15) is 0 Å². The van der Waals surface area contributed by atoms with E-state index in [0.29, 0.717) is 6.54 Å². The first-order chi connectivity index (χ1) is 7.30. The molecule has 1 aromatic carbocycles. The summed E-state index contributed by atoms with van der Waals surface area (Å²) in [4.78, 5) is 4.44. The predicted molar refractivity (Wildman–Crippen MR) is 59.2 cm³/mol. The van der Waals surface area contributed by atoms with Gasteiger partial charge in [-0.05, 0) is 24.6 Å². The molecule has 0 aliphatic heterocycles. The first kappa shape index (κ1) is 10.1. The van der Waals surface area contributed by atoms with Crippen LogP contribution in [0, 0.1) is 0 Å². The Morgan fingerprint density at radius 3 is 2.87 bits per heavy atom. The lowest BCUT2D eigenvalue weighted by atomic mass is 10.2. The van der Waals surface area contributed by atoms with Crippen molar-refractivity contribution in [3.05, 3.63) is 29.6 Å². The van der Waals surface area contributed by atoms with Crippen molar-refractivity contribution in [3.8, 4) is 0 Å². The molecule has 0 fully saturated rings. The second kappa shape index (κ2) is 4.00. The molecule has 0 saturated heterocycles. The minimum atomic E-state index is 0.0485. The molecular formula is C11H15N3O. The Labute approximate surface area is 88.3 Å². The van der Waals surface area contributed by atoms with Crippen LogP contribution in [0.1, 0.15) is 18.3 Å². The standard InChI is InChI=1S/C11H15N3O/c1-2-14-10-4-3-8(7-15)5-9(10)13-11(14)6-12/h3-5,15H,2,6-7,12H2,1H3. The van der Waals surface area contributed by atoms with Gasteiger partial charge in [-0.2, -0.15) is 0 Å². The van der Waals surface area contributed by atoms with E-state index in [1.807, 2.05) is 18.2 Å². The van der Waals surface area contributed by atoms with Gasteiger partial charge in [0.1, 0.15) is 5.82 Å². The van der Waals surface area contributed by atoms with Crippen molar-refractivity contribution in [2.75, 3.05) is 0 Å². The summed E-state index contributed by atoms with van der Waals surface area (Å²) in [6.45, 7) is 3.42. The number of nitrogens with two attached hydrogens (primary N) is 1. The van der Waals surface area contributed by atoms with Crippen LogP contribution in [0.25, 0.3) is 11.0 Å². The molecule has 0 aliphatic rings. The van der Waals surface area contributed by atoms with Crippen LogP contribution in [-0.4, -0.2) is 14.7 Å². The van der Waals surface area contributed by atoms with E-state index in [1.165, 1.54) is 0 Å². The molecule has 80 valence electrons. The Kier molecular flexibility index (Phi) is 2.70. The maximum atomic E-state index is 9.03. The number of hydrogen-bond acceptors (Lipinski definition) is 3. The quantitative estimate of drug-likeness (QED) is 0.786. The molecule has 1 aromatic heterocycles. The molecule has 0 atom stereocenters. The number of aliphatic hydroxyl groups is 1. The van der Waals surface area contributed by atoms with Gasteiger partial charge < -0.3 is 15.4 Å². The minimum absolute atomic E-state index is 0.0485. The number of hydrogen-bond donors (Lipinski definition) is 2. The van der Waals surface area contributed by atoms with E-state index in [2.05, 4.69) is 16.5 Å². The summed E-state index contributed by atoms with van der Waals surface area (Å²) in [6, 6.07) is 5.80. The molecule has 2 rings (SSSR count). The molecule has 0 radical (unpaired) electrons. The van der Waals surface area contributed by atoms with Crippen molar-refractivity contribution in [1.29, 1.82) is 0 Å². The smallest absolute Gasteiger partial charge is 0.123 e. The Morgan fingerprint density at radius 1 is 1.47 bits per heavy atom. The number of nitrogens with zero attached hydrogens (tertiary/aromatic N) is 2. The van der Waals surface area contributed by atoms with E-state index < -0.39 is 0 Å². The van der Waals surface area contributed by atoms with Crippen molar-refractivity contribution in [2.45, 2.75) is 26.6 Å². The zero-order chi connectivity index (χ0) is 10.8. The first-order valence-electron chi connectivity index (χ1n) is 5.09. The summed E-state index contributed by atoms with van der Waals surface area (Å²) in [5.74, 6) is 0.891. The second-order valence-electron chi connectivity index (χ2n) is 3.46. The van der Waals surface area contributed by atoms with Crippen LogP contribution >= 0.6 is 0 Å². The predicted octanol–water partition coefficient (Wildman–Crippen LogP) is 1.01. The van der Waals surface area contributed by atoms with Crippen LogP contribution in [0.5, 0.6) is 0 Å². The van der Waals surface area contributed by atoms with E-state index >= 15 is 0 Å². The molecule has 0 bridgehead atoms. The molecule has 0 spiro atoms. The molecule has 4 nitrogen and oxygen atoms in total. The fraction of sp³-hybridized carbons (Fsp3) is 0.364. The van der Waals surface area contributed by atoms with Crippen molar-refractivity contribution in [1.82, 2.24) is 9.55 Å². The monoisotopic (exact) mass is 205 g/mol. The van der Waals surface area contributed by atoms with Gasteiger partial charge in [-0.1, -0.05) is 6.07 Å². The van der Waals surface area contributed by atoms with Gasteiger partial charge >= 0.3 is 0 Å². The van der Waals surface area contributed by atoms with Crippen LogP contribution in [0.3, 0.4) is 0 Å². The van der Waals surface area contributed by atoms with Gasteiger partial charge in [0.2, 0.25) is 0 Å². The van der Waals surface area contributed by atoms with Gasteiger partial charge in [0, 0.05) is 6.54 Å². The number of rotatable bonds is 3. The number of benzene rings is 1. The van der Waals surface area contributed by atoms with Crippen molar-refractivity contribution in [3.63, 3.8) is 0 Å². The third-order valence-electron chi connectivity index (χ3n) is 2.57. The Bertz CT molecular complexity index is 476. The highest BCUT2D eigenvalue weighted by molar-refractivity contribution is 5.76. The van der Waals surface area contributed by atoms with E-state index in [-0.39, 0.29) is 6.61 Å². The highest BCUT2D eigenvalue weighted by atomic mass is 16.3. The van der Waals surface area contributed by atoms with E-state index in [0.717, 1.165) is 29.0 Å². The number of fused-ring (bicyclic) bond motifs is 1. The lowest BCUT2D eigenvalue weighted by Gasteiger charge is -2.03. The molecular weight excluding hydrogens is 190 g/mol. The van der Waals surface area contributed by atoms with Crippen LogP contribution in [-0.2, 0) is 19.7 Å². The SMILES string of the molecule is CCn1c(CN)nc2cc(CO)ccc21. The fourth-order valence-electron chi connectivity index (χ4n) is 1.83. The minimum Gasteiger partial charge on any atom is -0.392 e. The van der Waals surface area contributed by atoms with Gasteiger partial charge in [0.25, 0.3) is 0 Å². The molecule has 0 amide bonds. The third kappa shape index (κ3) is 1.62. The molecule has 4 heteroatoms. The summed E-state index contributed by atoms with van der Waals surface area (Å²) in [6.07, 6.45) is 0. The zero-order valence-electron chi connectivity index (χ0n) is 8.77. The normalized spacial score (nSPS) is 11.1. The van der Waals surface area contributed by atoms with Crippen LogP contribution < -0.4 is 5.73 Å². The fourth-order valence-corrected chi connectivity index (χ4v) is 1.83. The van der Waals surface area contributed by atoms with Gasteiger partial charge in [0.05, 0.1) is 24.2 Å². The van der Waals surface area contributed by atoms with Gasteiger partial charge in [-0.3, -0.25) is 0 Å². The molecule has 15 heavy (non-hydrogen) atoms. The van der Waals surface area contributed by atoms with Gasteiger partial charge in [-0.25, -0.2) is 4.98 Å². The van der Waals surface area contributed by atoms with Crippen molar-refractivity contribution in [2.24, 2.45) is 5.73 Å². The Morgan fingerprint density at radius 2 is 2.27 bits per heavy atom. The highest BCUT2D eigenvalue weighted by Gasteiger charge is 2.07. The Hall–Kier alpha value is -1.39. The number of aromatic nitrogens is 2. The van der Waals surface area contributed by atoms with Gasteiger partial charge in [-0.15, -0.1) is 0 Å². The van der Waals surface area contributed by atoms with Crippen LogP contribution in [0.4, 0.5) is 0 Å².